The molecule has 1 aromatic heterocycles. The maximum Gasteiger partial charge on any atom is 0.336 e. The maximum absolute atomic E-state index is 11.8. The molecular formula is C17H10BrNO2. The van der Waals surface area contributed by atoms with Gasteiger partial charge in [-0.05, 0) is 23.3 Å². The van der Waals surface area contributed by atoms with E-state index in [4.69, 9.17) is 4.98 Å². The van der Waals surface area contributed by atoms with Crippen molar-refractivity contribution in [2.24, 2.45) is 0 Å². The first kappa shape index (κ1) is 12.5. The Bertz CT molecular complexity index is 918. The minimum Gasteiger partial charge on any atom is -0.478 e. The first-order valence-electron chi connectivity index (χ1n) is 6.59. The molecule has 0 fully saturated rings. The van der Waals surface area contributed by atoms with E-state index in [0.717, 1.165) is 26.9 Å². The molecule has 4 heteroatoms. The van der Waals surface area contributed by atoms with Gasteiger partial charge in [-0.2, -0.15) is 0 Å². The van der Waals surface area contributed by atoms with Crippen LogP contribution in [0.15, 0.2) is 46.9 Å². The minimum absolute atomic E-state index is 0.360. The summed E-state index contributed by atoms with van der Waals surface area (Å²) in [6.45, 7) is 0. The molecule has 2 aromatic carbocycles. The van der Waals surface area contributed by atoms with Gasteiger partial charge < -0.3 is 5.11 Å². The van der Waals surface area contributed by atoms with E-state index in [1.807, 2.05) is 42.5 Å². The van der Waals surface area contributed by atoms with Crippen LogP contribution in [-0.4, -0.2) is 16.1 Å². The zero-order chi connectivity index (χ0) is 14.6. The number of fused-ring (bicyclic) bond motifs is 4. The first-order valence-corrected chi connectivity index (χ1v) is 7.39. The van der Waals surface area contributed by atoms with Gasteiger partial charge in [-0.15, -0.1) is 0 Å². The Hall–Kier alpha value is -2.20. The van der Waals surface area contributed by atoms with Crippen molar-refractivity contribution in [3.8, 4) is 11.3 Å². The van der Waals surface area contributed by atoms with E-state index in [9.17, 15) is 9.90 Å². The number of benzene rings is 2. The topological polar surface area (TPSA) is 50.2 Å². The van der Waals surface area contributed by atoms with Crippen LogP contribution in [0.1, 0.15) is 21.5 Å². The molecule has 1 N–H and O–H groups in total. The average Bonchev–Trinajstić information content (AvgIpc) is 2.83. The Kier molecular flexibility index (Phi) is 2.62. The molecule has 0 radical (unpaired) electrons. The fourth-order valence-electron chi connectivity index (χ4n) is 3.04. The number of carboxylic acids is 1. The highest BCUT2D eigenvalue weighted by atomic mass is 79.9. The van der Waals surface area contributed by atoms with Crippen LogP contribution in [0, 0.1) is 0 Å². The standard InChI is InChI=1S/C17H10BrNO2/c18-12-6-3-7-13-15(12)14(17(20)21)11-8-9-4-1-2-5-10(9)16(11)19-13/h1-7H,8H2,(H,20,21). The summed E-state index contributed by atoms with van der Waals surface area (Å²) in [5, 5.41) is 10.4. The molecule has 1 heterocycles. The Labute approximate surface area is 129 Å². The van der Waals surface area contributed by atoms with Gasteiger partial charge in [0.15, 0.2) is 0 Å². The summed E-state index contributed by atoms with van der Waals surface area (Å²) in [5.41, 5.74) is 4.85. The number of hydrogen-bond acceptors (Lipinski definition) is 2. The van der Waals surface area contributed by atoms with Crippen LogP contribution >= 0.6 is 15.9 Å². The molecule has 21 heavy (non-hydrogen) atoms. The monoisotopic (exact) mass is 339 g/mol. The van der Waals surface area contributed by atoms with Gasteiger partial charge in [0.25, 0.3) is 0 Å². The highest BCUT2D eigenvalue weighted by Gasteiger charge is 2.28. The van der Waals surface area contributed by atoms with Crippen molar-refractivity contribution < 1.29 is 9.90 Å². The highest BCUT2D eigenvalue weighted by Crippen LogP contribution is 2.41. The van der Waals surface area contributed by atoms with Crippen molar-refractivity contribution in [3.63, 3.8) is 0 Å². The summed E-state index contributed by atoms with van der Waals surface area (Å²) in [7, 11) is 0. The number of aromatic nitrogens is 1. The number of pyridine rings is 1. The van der Waals surface area contributed by atoms with E-state index in [2.05, 4.69) is 15.9 Å². The van der Waals surface area contributed by atoms with E-state index in [1.54, 1.807) is 0 Å². The van der Waals surface area contributed by atoms with Crippen LogP contribution in [0.5, 0.6) is 0 Å². The lowest BCUT2D eigenvalue weighted by Gasteiger charge is -2.10. The third-order valence-corrected chi connectivity index (χ3v) is 4.58. The number of aromatic carboxylic acids is 1. The molecule has 4 rings (SSSR count). The van der Waals surface area contributed by atoms with Crippen molar-refractivity contribution in [1.82, 2.24) is 4.98 Å². The van der Waals surface area contributed by atoms with Crippen molar-refractivity contribution in [3.05, 3.63) is 63.6 Å². The molecule has 0 aliphatic heterocycles. The third kappa shape index (κ3) is 1.72. The predicted molar refractivity (Wildman–Crippen MR) is 84.6 cm³/mol. The number of rotatable bonds is 1. The molecular weight excluding hydrogens is 330 g/mol. The SMILES string of the molecule is O=C(O)c1c2c(nc3cccc(Br)c13)-c1ccccc1C2. The van der Waals surface area contributed by atoms with Crippen molar-refractivity contribution >= 4 is 32.8 Å². The van der Waals surface area contributed by atoms with Crippen molar-refractivity contribution in [1.29, 1.82) is 0 Å². The minimum atomic E-state index is -0.904. The molecule has 0 spiro atoms. The Balaban J connectivity index is 2.18. The number of halogens is 1. The lowest BCUT2D eigenvalue weighted by Crippen LogP contribution is -2.05. The summed E-state index contributed by atoms with van der Waals surface area (Å²) in [4.78, 5) is 16.5. The number of nitrogens with zero attached hydrogens (tertiary/aromatic N) is 1. The normalized spacial score (nSPS) is 12.2. The van der Waals surface area contributed by atoms with E-state index in [1.165, 1.54) is 0 Å². The van der Waals surface area contributed by atoms with Gasteiger partial charge in [0.2, 0.25) is 0 Å². The fraction of sp³-hybridized carbons (Fsp3) is 0.0588. The molecule has 0 atom stereocenters. The van der Waals surface area contributed by atoms with Crippen LogP contribution in [0.25, 0.3) is 22.2 Å². The van der Waals surface area contributed by atoms with Gasteiger partial charge in [0.05, 0.1) is 16.8 Å². The van der Waals surface area contributed by atoms with Crippen LogP contribution in [0.3, 0.4) is 0 Å². The lowest BCUT2D eigenvalue weighted by atomic mass is 10.0. The van der Waals surface area contributed by atoms with Gasteiger partial charge in [0.1, 0.15) is 0 Å². The smallest absolute Gasteiger partial charge is 0.336 e. The number of carboxylic acid groups (broad SMARTS) is 1. The molecule has 1 aliphatic rings. The molecule has 0 bridgehead atoms. The van der Waals surface area contributed by atoms with Gasteiger partial charge in [-0.1, -0.05) is 46.3 Å². The first-order chi connectivity index (χ1) is 10.2. The van der Waals surface area contributed by atoms with E-state index >= 15 is 0 Å². The Morgan fingerprint density at radius 1 is 1.14 bits per heavy atom. The fourth-order valence-corrected chi connectivity index (χ4v) is 3.59. The van der Waals surface area contributed by atoms with Gasteiger partial charge in [-0.25, -0.2) is 9.78 Å². The molecule has 0 amide bonds. The van der Waals surface area contributed by atoms with Gasteiger partial charge in [-0.3, -0.25) is 0 Å². The van der Waals surface area contributed by atoms with Crippen LogP contribution in [0.2, 0.25) is 0 Å². The maximum atomic E-state index is 11.8. The molecule has 3 aromatic rings. The summed E-state index contributed by atoms with van der Waals surface area (Å²) in [5.74, 6) is -0.904. The van der Waals surface area contributed by atoms with Crippen LogP contribution in [-0.2, 0) is 6.42 Å². The van der Waals surface area contributed by atoms with Gasteiger partial charge >= 0.3 is 5.97 Å². The molecule has 1 aliphatic carbocycles. The third-order valence-electron chi connectivity index (χ3n) is 3.92. The average molecular weight is 340 g/mol. The van der Waals surface area contributed by atoms with Gasteiger partial charge in [0, 0.05) is 21.8 Å². The summed E-state index contributed by atoms with van der Waals surface area (Å²) >= 11 is 3.46. The number of hydrogen-bond donors (Lipinski definition) is 1. The van der Waals surface area contributed by atoms with E-state index in [-0.39, 0.29) is 0 Å². The quantitative estimate of drug-likeness (QED) is 0.563. The largest absolute Gasteiger partial charge is 0.478 e. The molecule has 0 unspecified atom stereocenters. The van der Waals surface area contributed by atoms with Crippen molar-refractivity contribution in [2.75, 3.05) is 0 Å². The Morgan fingerprint density at radius 3 is 2.76 bits per heavy atom. The molecule has 3 nitrogen and oxygen atoms in total. The summed E-state index contributed by atoms with van der Waals surface area (Å²) < 4.78 is 0.767. The van der Waals surface area contributed by atoms with E-state index in [0.29, 0.717) is 22.9 Å². The summed E-state index contributed by atoms with van der Waals surface area (Å²) in [6, 6.07) is 13.5. The molecule has 0 saturated carbocycles. The zero-order valence-corrected chi connectivity index (χ0v) is 12.5. The molecule has 102 valence electrons. The second-order valence-corrected chi connectivity index (χ2v) is 5.94. The number of carbonyl (C=O) groups is 1. The van der Waals surface area contributed by atoms with Crippen LogP contribution < -0.4 is 0 Å². The molecule has 0 saturated heterocycles. The highest BCUT2D eigenvalue weighted by molar-refractivity contribution is 9.10. The van der Waals surface area contributed by atoms with Crippen LogP contribution in [0.4, 0.5) is 0 Å². The summed E-state index contributed by atoms with van der Waals surface area (Å²) in [6.07, 6.45) is 0.622. The van der Waals surface area contributed by atoms with Crippen molar-refractivity contribution in [2.45, 2.75) is 6.42 Å². The Morgan fingerprint density at radius 2 is 1.95 bits per heavy atom. The zero-order valence-electron chi connectivity index (χ0n) is 10.9. The lowest BCUT2D eigenvalue weighted by molar-refractivity contribution is 0.0698. The second-order valence-electron chi connectivity index (χ2n) is 5.09. The second kappa shape index (κ2) is 4.40. The predicted octanol–water partition coefficient (Wildman–Crippen LogP) is 4.27. The van der Waals surface area contributed by atoms with E-state index < -0.39 is 5.97 Å².